The van der Waals surface area contributed by atoms with E-state index in [1.807, 2.05) is 0 Å². The van der Waals surface area contributed by atoms with Gasteiger partial charge in [-0.2, -0.15) is 0 Å². The molecular weight excluding hydrogens is 268 g/mol. The standard InChI is InChI=1S/C17H22O4/c1-10-13-7-14-12(9-20-11(2)18)5-4-6-17(14,3)8-15(13)21-16(10)19/h5,13-15H,1,4,6-9H2,2-3H3/t13-,14-,15-,17-/m1/s1. The normalized spacial score (nSPS) is 38.2. The van der Waals surface area contributed by atoms with Crippen molar-refractivity contribution in [1.82, 2.24) is 0 Å². The van der Waals surface area contributed by atoms with Crippen molar-refractivity contribution < 1.29 is 19.1 Å². The summed E-state index contributed by atoms with van der Waals surface area (Å²) in [6.07, 6.45) is 6.03. The predicted molar refractivity (Wildman–Crippen MR) is 77.3 cm³/mol. The Bertz CT molecular complexity index is 533. The van der Waals surface area contributed by atoms with E-state index in [2.05, 4.69) is 19.6 Å². The maximum Gasteiger partial charge on any atom is 0.334 e. The lowest BCUT2D eigenvalue weighted by molar-refractivity contribution is -0.143. The van der Waals surface area contributed by atoms with Crippen LogP contribution in [0.4, 0.5) is 0 Å². The van der Waals surface area contributed by atoms with Gasteiger partial charge in [-0.1, -0.05) is 19.6 Å². The number of rotatable bonds is 2. The highest BCUT2D eigenvalue weighted by Crippen LogP contribution is 2.55. The molecule has 1 saturated carbocycles. The van der Waals surface area contributed by atoms with E-state index in [9.17, 15) is 9.59 Å². The van der Waals surface area contributed by atoms with Crippen LogP contribution in [0.15, 0.2) is 23.8 Å². The largest absolute Gasteiger partial charge is 0.461 e. The Kier molecular flexibility index (Phi) is 3.42. The summed E-state index contributed by atoms with van der Waals surface area (Å²) in [5, 5.41) is 0. The molecule has 0 aromatic rings. The number of ether oxygens (including phenoxy) is 2. The summed E-state index contributed by atoms with van der Waals surface area (Å²) in [4.78, 5) is 22.8. The van der Waals surface area contributed by atoms with Crippen molar-refractivity contribution >= 4 is 11.9 Å². The molecule has 0 amide bonds. The monoisotopic (exact) mass is 290 g/mol. The number of esters is 2. The maximum absolute atomic E-state index is 11.7. The first-order chi connectivity index (χ1) is 9.90. The first-order valence-corrected chi connectivity index (χ1v) is 7.63. The van der Waals surface area contributed by atoms with E-state index in [-0.39, 0.29) is 29.4 Å². The molecule has 3 rings (SSSR count). The van der Waals surface area contributed by atoms with Gasteiger partial charge in [-0.15, -0.1) is 0 Å². The van der Waals surface area contributed by atoms with E-state index in [0.29, 0.717) is 18.1 Å². The van der Waals surface area contributed by atoms with Crippen molar-refractivity contribution in [2.45, 2.75) is 45.6 Å². The summed E-state index contributed by atoms with van der Waals surface area (Å²) < 4.78 is 10.7. The maximum atomic E-state index is 11.7. The van der Waals surface area contributed by atoms with Crippen LogP contribution in [0.3, 0.4) is 0 Å². The van der Waals surface area contributed by atoms with Crippen molar-refractivity contribution in [3.63, 3.8) is 0 Å². The smallest absolute Gasteiger partial charge is 0.334 e. The second-order valence-corrected chi connectivity index (χ2v) is 6.82. The quantitative estimate of drug-likeness (QED) is 0.446. The summed E-state index contributed by atoms with van der Waals surface area (Å²) in [7, 11) is 0. The highest BCUT2D eigenvalue weighted by Gasteiger charge is 2.52. The van der Waals surface area contributed by atoms with Gasteiger partial charge in [-0.05, 0) is 42.6 Å². The van der Waals surface area contributed by atoms with Crippen LogP contribution in [0.1, 0.15) is 39.5 Å². The third-order valence-electron chi connectivity index (χ3n) is 5.43. The Hall–Kier alpha value is -1.58. The van der Waals surface area contributed by atoms with Crippen molar-refractivity contribution in [3.05, 3.63) is 23.8 Å². The number of carbonyl (C=O) groups excluding carboxylic acids is 2. The Morgan fingerprint density at radius 3 is 3.05 bits per heavy atom. The predicted octanol–water partition coefficient (Wildman–Crippen LogP) is 2.78. The molecule has 114 valence electrons. The summed E-state index contributed by atoms with van der Waals surface area (Å²) >= 11 is 0. The van der Waals surface area contributed by atoms with E-state index >= 15 is 0 Å². The second-order valence-electron chi connectivity index (χ2n) is 6.82. The number of fused-ring (bicyclic) bond motifs is 2. The fourth-order valence-electron chi connectivity index (χ4n) is 4.24. The molecule has 0 aromatic carbocycles. The van der Waals surface area contributed by atoms with Crippen LogP contribution in [0.25, 0.3) is 0 Å². The van der Waals surface area contributed by atoms with E-state index < -0.39 is 0 Å². The Morgan fingerprint density at radius 1 is 1.57 bits per heavy atom. The highest BCUT2D eigenvalue weighted by molar-refractivity contribution is 5.90. The lowest BCUT2D eigenvalue weighted by Gasteiger charge is -2.48. The summed E-state index contributed by atoms with van der Waals surface area (Å²) in [5.41, 5.74) is 1.93. The lowest BCUT2D eigenvalue weighted by atomic mass is 9.57. The first kappa shape index (κ1) is 14.4. The molecule has 4 nitrogen and oxygen atoms in total. The molecule has 0 radical (unpaired) electrons. The Balaban J connectivity index is 1.82. The van der Waals surface area contributed by atoms with Crippen LogP contribution >= 0.6 is 0 Å². The molecule has 1 heterocycles. The van der Waals surface area contributed by atoms with Gasteiger partial charge in [0.2, 0.25) is 0 Å². The van der Waals surface area contributed by atoms with Crippen molar-refractivity contribution in [2.24, 2.45) is 17.3 Å². The van der Waals surface area contributed by atoms with Gasteiger partial charge in [0, 0.05) is 18.4 Å². The average molecular weight is 290 g/mol. The molecule has 4 atom stereocenters. The van der Waals surface area contributed by atoms with Crippen LogP contribution in [0.5, 0.6) is 0 Å². The SMILES string of the molecule is C=C1C(=O)O[C@@H]2C[C@@]3(C)CCC=C(COC(C)=O)[C@H]3C[C@H]12. The van der Waals surface area contributed by atoms with Crippen molar-refractivity contribution in [1.29, 1.82) is 0 Å². The molecule has 2 fully saturated rings. The lowest BCUT2D eigenvalue weighted by Crippen LogP contribution is -2.43. The van der Waals surface area contributed by atoms with E-state index in [0.717, 1.165) is 25.7 Å². The van der Waals surface area contributed by atoms with Gasteiger partial charge in [0.1, 0.15) is 12.7 Å². The van der Waals surface area contributed by atoms with Gasteiger partial charge in [-0.3, -0.25) is 4.79 Å². The topological polar surface area (TPSA) is 52.6 Å². The highest BCUT2D eigenvalue weighted by atomic mass is 16.6. The zero-order valence-electron chi connectivity index (χ0n) is 12.7. The van der Waals surface area contributed by atoms with E-state index in [4.69, 9.17) is 9.47 Å². The number of allylic oxidation sites excluding steroid dienone is 1. The van der Waals surface area contributed by atoms with Gasteiger partial charge in [0.15, 0.2) is 0 Å². The van der Waals surface area contributed by atoms with Gasteiger partial charge < -0.3 is 9.47 Å². The fourth-order valence-corrected chi connectivity index (χ4v) is 4.24. The molecule has 21 heavy (non-hydrogen) atoms. The molecule has 4 heteroatoms. The molecule has 0 spiro atoms. The minimum Gasteiger partial charge on any atom is -0.461 e. The third-order valence-corrected chi connectivity index (χ3v) is 5.43. The van der Waals surface area contributed by atoms with Gasteiger partial charge in [-0.25, -0.2) is 4.79 Å². The zero-order valence-corrected chi connectivity index (χ0v) is 12.7. The van der Waals surface area contributed by atoms with E-state index in [1.165, 1.54) is 12.5 Å². The molecular formula is C17H22O4. The van der Waals surface area contributed by atoms with Crippen LogP contribution in [-0.2, 0) is 19.1 Å². The van der Waals surface area contributed by atoms with Crippen molar-refractivity contribution in [3.8, 4) is 0 Å². The molecule has 0 unspecified atom stereocenters. The molecule has 0 N–H and O–H groups in total. The number of hydrogen-bond acceptors (Lipinski definition) is 4. The van der Waals surface area contributed by atoms with Gasteiger partial charge in [0.25, 0.3) is 0 Å². The van der Waals surface area contributed by atoms with Crippen LogP contribution in [-0.4, -0.2) is 24.6 Å². The molecule has 2 aliphatic carbocycles. The minimum absolute atomic E-state index is 0.0145. The number of hydrogen-bond donors (Lipinski definition) is 0. The van der Waals surface area contributed by atoms with Crippen LogP contribution in [0.2, 0.25) is 0 Å². The zero-order chi connectivity index (χ0) is 15.2. The van der Waals surface area contributed by atoms with Gasteiger partial charge in [0.05, 0.1) is 0 Å². The molecule has 0 aromatic heterocycles. The molecule has 3 aliphatic rings. The summed E-state index contributed by atoms with van der Waals surface area (Å²) in [5.74, 6) is -0.0223. The molecule has 1 aliphatic heterocycles. The molecule has 0 bridgehead atoms. The van der Waals surface area contributed by atoms with Gasteiger partial charge >= 0.3 is 11.9 Å². The van der Waals surface area contributed by atoms with E-state index in [1.54, 1.807) is 0 Å². The summed E-state index contributed by atoms with van der Waals surface area (Å²) in [6, 6.07) is 0. The minimum atomic E-state index is -0.249. The summed E-state index contributed by atoms with van der Waals surface area (Å²) in [6.45, 7) is 7.97. The Labute approximate surface area is 125 Å². The third kappa shape index (κ3) is 2.41. The van der Waals surface area contributed by atoms with Crippen molar-refractivity contribution in [2.75, 3.05) is 6.61 Å². The van der Waals surface area contributed by atoms with Crippen LogP contribution < -0.4 is 0 Å². The first-order valence-electron chi connectivity index (χ1n) is 7.63. The average Bonchev–Trinajstić information content (AvgIpc) is 2.68. The fraction of sp³-hybridized carbons (Fsp3) is 0.647. The number of carbonyl (C=O) groups is 2. The molecule has 1 saturated heterocycles. The Morgan fingerprint density at radius 2 is 2.33 bits per heavy atom. The second kappa shape index (κ2) is 5.00. The van der Waals surface area contributed by atoms with Crippen LogP contribution in [0, 0.1) is 17.3 Å².